The number of aldehydes is 1. The molecular formula is C69H117NO8. The van der Waals surface area contributed by atoms with Crippen LogP contribution in [0.25, 0.3) is 0 Å². The highest BCUT2D eigenvalue weighted by Crippen LogP contribution is 2.22. The second-order valence-electron chi connectivity index (χ2n) is 20.5. The van der Waals surface area contributed by atoms with E-state index in [1.807, 2.05) is 98.7 Å². The summed E-state index contributed by atoms with van der Waals surface area (Å²) in [4.78, 5) is 78.2. The summed E-state index contributed by atoms with van der Waals surface area (Å²) in [5, 5.41) is 0. The van der Waals surface area contributed by atoms with Crippen molar-refractivity contribution in [2.45, 2.75) is 254 Å². The molecule has 0 fully saturated rings. The van der Waals surface area contributed by atoms with Crippen molar-refractivity contribution >= 4 is 41.0 Å². The number of methoxy groups -OCH3 is 1. The van der Waals surface area contributed by atoms with Gasteiger partial charge in [0.15, 0.2) is 17.3 Å². The van der Waals surface area contributed by atoms with Crippen LogP contribution in [0.15, 0.2) is 54.6 Å². The van der Waals surface area contributed by atoms with Gasteiger partial charge in [0.25, 0.3) is 0 Å². The van der Waals surface area contributed by atoms with E-state index in [4.69, 9.17) is 10.5 Å². The zero-order valence-electron chi connectivity index (χ0n) is 53.9. The van der Waals surface area contributed by atoms with Crippen molar-refractivity contribution in [3.05, 3.63) is 99.1 Å². The summed E-state index contributed by atoms with van der Waals surface area (Å²) in [6.45, 7) is 39.9. The Morgan fingerprint density at radius 3 is 1.38 bits per heavy atom. The van der Waals surface area contributed by atoms with Gasteiger partial charge in [-0.2, -0.15) is 0 Å². The Hall–Kier alpha value is -4.89. The number of rotatable bonds is 28. The number of carbonyl (C=O) groups excluding carboxylic acids is 7. The topological polar surface area (TPSA) is 155 Å². The highest BCUT2D eigenvalue weighted by molar-refractivity contribution is 6.00. The van der Waals surface area contributed by atoms with Crippen LogP contribution in [0.5, 0.6) is 5.75 Å². The smallest absolute Gasteiger partial charge is 0.163 e. The molecule has 0 spiro atoms. The number of hydrogen-bond acceptors (Lipinski definition) is 9. The lowest BCUT2D eigenvalue weighted by Crippen LogP contribution is -2.17. The van der Waals surface area contributed by atoms with Gasteiger partial charge in [0.1, 0.15) is 29.4 Å². The van der Waals surface area contributed by atoms with Gasteiger partial charge < -0.3 is 15.3 Å². The predicted molar refractivity (Wildman–Crippen MR) is 335 cm³/mol. The summed E-state index contributed by atoms with van der Waals surface area (Å²) < 4.78 is 5.03. The Kier molecular flexibility index (Phi) is 56.8. The highest BCUT2D eigenvalue weighted by Gasteiger charge is 2.20. The van der Waals surface area contributed by atoms with Crippen molar-refractivity contribution in [2.75, 3.05) is 13.7 Å². The average molecular weight is 1090 g/mol. The molecule has 9 nitrogen and oxygen atoms in total. The molecule has 0 saturated carbocycles. The number of hydrogen-bond donors (Lipinski definition) is 1. The summed E-state index contributed by atoms with van der Waals surface area (Å²) >= 11 is 0. The summed E-state index contributed by atoms with van der Waals surface area (Å²) in [5.74, 6) is 2.81. The Morgan fingerprint density at radius 2 is 0.987 bits per heavy atom. The van der Waals surface area contributed by atoms with Crippen molar-refractivity contribution < 1.29 is 38.3 Å². The van der Waals surface area contributed by atoms with Gasteiger partial charge in [-0.25, -0.2) is 0 Å². The number of unbranched alkanes of at least 4 members (excludes halogenated alkanes) is 7. The zero-order valence-corrected chi connectivity index (χ0v) is 53.9. The number of Topliss-reactive ketones (excluding diaryl/α,β-unsaturated/α-hetero) is 6. The molecule has 3 unspecified atom stereocenters. The Morgan fingerprint density at radius 1 is 0.538 bits per heavy atom. The molecule has 0 amide bonds. The number of benzene rings is 3. The van der Waals surface area contributed by atoms with Crippen LogP contribution in [0.1, 0.15) is 279 Å². The molecule has 0 aliphatic carbocycles. The van der Waals surface area contributed by atoms with Crippen molar-refractivity contribution in [2.24, 2.45) is 29.4 Å². The van der Waals surface area contributed by atoms with Crippen LogP contribution in [0.4, 0.5) is 0 Å². The fraction of sp³-hybridized carbons (Fsp3) is 0.638. The van der Waals surface area contributed by atoms with Crippen molar-refractivity contribution in [3.8, 4) is 5.75 Å². The van der Waals surface area contributed by atoms with Crippen molar-refractivity contribution in [1.29, 1.82) is 0 Å². The van der Waals surface area contributed by atoms with Gasteiger partial charge in [-0.1, -0.05) is 195 Å². The molecule has 446 valence electrons. The number of aryl methyl sites for hydroxylation is 4. The Labute approximate surface area is 479 Å². The van der Waals surface area contributed by atoms with Gasteiger partial charge in [-0.3, -0.25) is 28.8 Å². The summed E-state index contributed by atoms with van der Waals surface area (Å²) in [6, 6.07) is 17.1. The van der Waals surface area contributed by atoms with Crippen molar-refractivity contribution in [3.63, 3.8) is 0 Å². The maximum Gasteiger partial charge on any atom is 0.163 e. The molecule has 0 aromatic heterocycles. The largest absolute Gasteiger partial charge is 0.496 e. The minimum absolute atomic E-state index is 0.0606. The van der Waals surface area contributed by atoms with Crippen LogP contribution < -0.4 is 10.5 Å². The van der Waals surface area contributed by atoms with Gasteiger partial charge in [0.2, 0.25) is 0 Å². The number of carbonyl (C=O) groups is 7. The quantitative estimate of drug-likeness (QED) is 0.0425. The fourth-order valence-electron chi connectivity index (χ4n) is 7.54. The van der Waals surface area contributed by atoms with Crippen LogP contribution >= 0.6 is 0 Å². The lowest BCUT2D eigenvalue weighted by Gasteiger charge is -2.14. The summed E-state index contributed by atoms with van der Waals surface area (Å²) in [5.41, 5.74) is 12.7. The number of ketones is 6. The van der Waals surface area contributed by atoms with Gasteiger partial charge in [-0.05, 0) is 141 Å². The van der Waals surface area contributed by atoms with Crippen LogP contribution in [0, 0.1) is 44.4 Å². The normalized spacial score (nSPS) is 11.0. The first-order valence-electron chi connectivity index (χ1n) is 30.0. The van der Waals surface area contributed by atoms with Gasteiger partial charge in [0.05, 0.1) is 12.7 Å². The van der Waals surface area contributed by atoms with Gasteiger partial charge >= 0.3 is 0 Å². The molecular weight excluding hydrogens is 971 g/mol. The monoisotopic (exact) mass is 1090 g/mol. The first kappa shape index (κ1) is 81.9. The minimum atomic E-state index is -0.117. The molecule has 78 heavy (non-hydrogen) atoms. The zero-order chi connectivity index (χ0) is 61.2. The number of ether oxygens (including phenoxy) is 1. The first-order chi connectivity index (χ1) is 36.9. The summed E-state index contributed by atoms with van der Waals surface area (Å²) in [6.07, 6.45) is 20.0. The van der Waals surface area contributed by atoms with E-state index in [1.54, 1.807) is 45.9 Å². The molecule has 0 bridgehead atoms. The molecule has 2 N–H and O–H groups in total. The van der Waals surface area contributed by atoms with E-state index in [0.717, 1.165) is 115 Å². The lowest BCUT2D eigenvalue weighted by molar-refractivity contribution is -0.121. The van der Waals surface area contributed by atoms with E-state index in [9.17, 15) is 33.6 Å². The van der Waals surface area contributed by atoms with Crippen LogP contribution in [-0.4, -0.2) is 54.6 Å². The molecule has 0 aliphatic rings. The maximum atomic E-state index is 12.4. The molecule has 0 saturated heterocycles. The molecule has 0 aliphatic heterocycles. The van der Waals surface area contributed by atoms with E-state index in [0.29, 0.717) is 29.9 Å². The third-order valence-electron chi connectivity index (χ3n) is 12.9. The van der Waals surface area contributed by atoms with E-state index < -0.39 is 0 Å². The standard InChI is InChI=1S/C18H26O2.C11H12O3.C11H14O.C9H18O.C8H17NO.C8H18.2C2H6/c1-5-6-7-8-16(15(4)19)12-18(20)17-11-13(2)9-10-14(17)3;1-8(13)10-7-9(5-6-12)3-4-11(10)14-2;1-4-10-6-5-8(2)7-11(10)9(3)12;1-4-5-6-7-8(2)9(3)10;1-7(8(2)10)5-3-4-6-9;1-4-5-6-7-8(2)3;2*1-2/h9-11,16H,5-8,12H2,1-4H3;3-4,6-7H,5H2,1-2H3;5-7H,4H2,1-3H3;8H,4-7H2,1-3H3;7H,3-6,9H2,1-2H3;8H,4-7H2,1-3H3;2*1-2H3. The fourth-order valence-corrected chi connectivity index (χ4v) is 7.54. The maximum absolute atomic E-state index is 12.4. The second-order valence-corrected chi connectivity index (χ2v) is 20.5. The molecule has 9 heteroatoms. The van der Waals surface area contributed by atoms with Crippen LogP contribution in [0.3, 0.4) is 0 Å². The second kappa shape index (κ2) is 54.1. The van der Waals surface area contributed by atoms with Crippen LogP contribution in [0.2, 0.25) is 0 Å². The number of nitrogens with two attached hydrogens (primary N) is 1. The Balaban J connectivity index is -0.000000277. The molecule has 3 rings (SSSR count). The minimum Gasteiger partial charge on any atom is -0.496 e. The summed E-state index contributed by atoms with van der Waals surface area (Å²) in [7, 11) is 1.52. The van der Waals surface area contributed by atoms with Gasteiger partial charge in [-0.15, -0.1) is 0 Å². The van der Waals surface area contributed by atoms with E-state index in [2.05, 4.69) is 41.5 Å². The SMILES string of the molecule is CC.CC.CC(=O)C(C)CCCCN.CCCCCC(C)C.CCCCCC(C)C(C)=O.CCCCCC(CC(=O)c1cc(C)ccc1C)C(C)=O.CCc1ccc(C)cc1C(C)=O.COc1ccc(CC=O)cc1C(C)=O. The highest BCUT2D eigenvalue weighted by atomic mass is 16.5. The lowest BCUT2D eigenvalue weighted by atomic mass is 9.89. The van der Waals surface area contributed by atoms with Crippen LogP contribution in [-0.2, 0) is 32.0 Å². The van der Waals surface area contributed by atoms with E-state index in [1.165, 1.54) is 59.0 Å². The molecule has 0 heterocycles. The third-order valence-corrected chi connectivity index (χ3v) is 12.9. The van der Waals surface area contributed by atoms with Gasteiger partial charge in [0, 0.05) is 41.7 Å². The van der Waals surface area contributed by atoms with Crippen molar-refractivity contribution in [1.82, 2.24) is 0 Å². The first-order valence-corrected chi connectivity index (χ1v) is 30.0. The molecule has 3 aromatic rings. The Bertz CT molecular complexity index is 2020. The van der Waals surface area contributed by atoms with E-state index in [-0.39, 0.29) is 46.7 Å². The molecule has 3 aromatic carbocycles. The molecule has 3 atom stereocenters. The average Bonchev–Trinajstić information content (AvgIpc) is 3.41. The predicted octanol–water partition coefficient (Wildman–Crippen LogP) is 18.5. The molecule has 0 radical (unpaired) electrons. The third kappa shape index (κ3) is 44.0. The van der Waals surface area contributed by atoms with E-state index >= 15 is 0 Å².